The van der Waals surface area contributed by atoms with Crippen molar-refractivity contribution >= 4 is 21.7 Å². The van der Waals surface area contributed by atoms with Crippen molar-refractivity contribution in [2.75, 3.05) is 0 Å². The minimum absolute atomic E-state index is 0.181. The molecule has 0 spiro atoms. The Bertz CT molecular complexity index is 814. The SMILES string of the molecule is NC(=O)c1cccc(C(=O)c2ccccc2)c1S(N)(=O)=O. The summed E-state index contributed by atoms with van der Waals surface area (Å²) >= 11 is 0. The normalized spacial score (nSPS) is 11.1. The quantitative estimate of drug-likeness (QED) is 0.806. The summed E-state index contributed by atoms with van der Waals surface area (Å²) in [4.78, 5) is 23.2. The Balaban J connectivity index is 2.73. The van der Waals surface area contributed by atoms with Crippen molar-refractivity contribution in [1.29, 1.82) is 0 Å². The molecule has 21 heavy (non-hydrogen) atoms. The molecule has 0 bridgehead atoms. The van der Waals surface area contributed by atoms with Crippen LogP contribution >= 0.6 is 0 Å². The van der Waals surface area contributed by atoms with Gasteiger partial charge in [-0.3, -0.25) is 9.59 Å². The minimum atomic E-state index is -4.28. The number of primary sulfonamides is 1. The smallest absolute Gasteiger partial charge is 0.250 e. The van der Waals surface area contributed by atoms with E-state index in [1.54, 1.807) is 18.2 Å². The third kappa shape index (κ3) is 2.99. The standard InChI is InChI=1S/C14H12N2O4S/c15-14(18)11-8-4-7-10(13(11)21(16,19)20)12(17)9-5-2-1-3-6-9/h1-8H,(H2,15,18)(H2,16,19,20). The second-order valence-electron chi connectivity index (χ2n) is 4.29. The molecule has 0 heterocycles. The second kappa shape index (κ2) is 5.47. The van der Waals surface area contributed by atoms with Crippen LogP contribution in [0, 0.1) is 0 Å². The average molecular weight is 304 g/mol. The van der Waals surface area contributed by atoms with Crippen LogP contribution in [0.1, 0.15) is 26.3 Å². The number of hydrogen-bond acceptors (Lipinski definition) is 4. The summed E-state index contributed by atoms with van der Waals surface area (Å²) in [5.41, 5.74) is 4.94. The van der Waals surface area contributed by atoms with Crippen LogP contribution in [0.5, 0.6) is 0 Å². The molecule has 108 valence electrons. The largest absolute Gasteiger partial charge is 0.366 e. The molecule has 0 unspecified atom stereocenters. The third-order valence-electron chi connectivity index (χ3n) is 2.85. The molecule has 2 aromatic rings. The van der Waals surface area contributed by atoms with Crippen LogP contribution in [-0.2, 0) is 10.0 Å². The van der Waals surface area contributed by atoms with Gasteiger partial charge in [-0.1, -0.05) is 36.4 Å². The van der Waals surface area contributed by atoms with Gasteiger partial charge in [0.1, 0.15) is 4.90 Å². The molecule has 2 rings (SSSR count). The van der Waals surface area contributed by atoms with E-state index in [1.165, 1.54) is 30.3 Å². The molecule has 1 amide bonds. The zero-order chi connectivity index (χ0) is 15.6. The van der Waals surface area contributed by atoms with Crippen molar-refractivity contribution in [3.63, 3.8) is 0 Å². The van der Waals surface area contributed by atoms with Crippen LogP contribution in [-0.4, -0.2) is 20.1 Å². The molecule has 0 radical (unpaired) electrons. The van der Waals surface area contributed by atoms with Crippen LogP contribution < -0.4 is 10.9 Å². The highest BCUT2D eigenvalue weighted by Crippen LogP contribution is 2.22. The summed E-state index contributed by atoms with van der Waals surface area (Å²) in [5.74, 6) is -1.52. The van der Waals surface area contributed by atoms with Crippen LogP contribution in [0.4, 0.5) is 0 Å². The molecule has 7 heteroatoms. The number of sulfonamides is 1. The molecular weight excluding hydrogens is 292 g/mol. The van der Waals surface area contributed by atoms with E-state index in [9.17, 15) is 18.0 Å². The number of carbonyl (C=O) groups is 2. The molecule has 2 aromatic carbocycles. The van der Waals surface area contributed by atoms with Crippen molar-refractivity contribution in [2.24, 2.45) is 10.9 Å². The fourth-order valence-electron chi connectivity index (χ4n) is 1.96. The number of hydrogen-bond donors (Lipinski definition) is 2. The molecule has 0 aliphatic carbocycles. The van der Waals surface area contributed by atoms with Gasteiger partial charge in [-0.2, -0.15) is 0 Å². The summed E-state index contributed by atoms with van der Waals surface area (Å²) < 4.78 is 23.5. The number of nitrogens with two attached hydrogens (primary N) is 2. The first-order chi connectivity index (χ1) is 9.82. The molecular formula is C14H12N2O4S. The average Bonchev–Trinajstić information content (AvgIpc) is 2.45. The van der Waals surface area contributed by atoms with Gasteiger partial charge in [-0.15, -0.1) is 0 Å². The number of ketones is 1. The highest BCUT2D eigenvalue weighted by atomic mass is 32.2. The van der Waals surface area contributed by atoms with Gasteiger partial charge in [-0.25, -0.2) is 13.6 Å². The predicted octanol–water partition coefficient (Wildman–Crippen LogP) is 0.664. The molecule has 4 N–H and O–H groups in total. The highest BCUT2D eigenvalue weighted by molar-refractivity contribution is 7.89. The maximum Gasteiger partial charge on any atom is 0.250 e. The van der Waals surface area contributed by atoms with E-state index in [4.69, 9.17) is 10.9 Å². The third-order valence-corrected chi connectivity index (χ3v) is 3.85. The van der Waals surface area contributed by atoms with Crippen LogP contribution in [0.25, 0.3) is 0 Å². The lowest BCUT2D eigenvalue weighted by molar-refractivity contribution is 0.0997. The van der Waals surface area contributed by atoms with Gasteiger partial charge in [0, 0.05) is 11.1 Å². The Kier molecular flexibility index (Phi) is 3.88. The minimum Gasteiger partial charge on any atom is -0.366 e. The summed E-state index contributed by atoms with van der Waals surface area (Å²) in [6.45, 7) is 0. The van der Waals surface area contributed by atoms with E-state index in [0.29, 0.717) is 0 Å². The molecule has 0 saturated heterocycles. The predicted molar refractivity (Wildman–Crippen MR) is 76.2 cm³/mol. The summed E-state index contributed by atoms with van der Waals surface area (Å²) in [6.07, 6.45) is 0. The van der Waals surface area contributed by atoms with Crippen molar-refractivity contribution in [3.05, 3.63) is 65.2 Å². The summed E-state index contributed by atoms with van der Waals surface area (Å²) in [7, 11) is -4.28. The fourth-order valence-corrected chi connectivity index (χ4v) is 2.90. The first-order valence-electron chi connectivity index (χ1n) is 5.87. The van der Waals surface area contributed by atoms with E-state index in [2.05, 4.69) is 0 Å². The van der Waals surface area contributed by atoms with Gasteiger partial charge in [0.15, 0.2) is 5.78 Å². The van der Waals surface area contributed by atoms with Gasteiger partial charge >= 0.3 is 0 Å². The van der Waals surface area contributed by atoms with E-state index in [0.717, 1.165) is 0 Å². The Morgan fingerprint density at radius 1 is 0.857 bits per heavy atom. The lowest BCUT2D eigenvalue weighted by Gasteiger charge is -2.10. The van der Waals surface area contributed by atoms with E-state index >= 15 is 0 Å². The highest BCUT2D eigenvalue weighted by Gasteiger charge is 2.25. The van der Waals surface area contributed by atoms with Gasteiger partial charge in [0.25, 0.3) is 0 Å². The van der Waals surface area contributed by atoms with E-state index in [1.807, 2.05) is 0 Å². The Labute approximate surface area is 121 Å². The Morgan fingerprint density at radius 3 is 1.95 bits per heavy atom. The molecule has 0 aliphatic rings. The first kappa shape index (κ1) is 14.9. The maximum absolute atomic E-state index is 12.4. The maximum atomic E-state index is 12.4. The first-order valence-corrected chi connectivity index (χ1v) is 7.42. The van der Waals surface area contributed by atoms with Crippen molar-refractivity contribution in [1.82, 2.24) is 0 Å². The number of benzene rings is 2. The van der Waals surface area contributed by atoms with Crippen LogP contribution in [0.2, 0.25) is 0 Å². The van der Waals surface area contributed by atoms with Crippen molar-refractivity contribution in [2.45, 2.75) is 4.90 Å². The zero-order valence-electron chi connectivity index (χ0n) is 10.8. The number of primary amides is 1. The van der Waals surface area contributed by atoms with Crippen molar-refractivity contribution < 1.29 is 18.0 Å². The fraction of sp³-hybridized carbons (Fsp3) is 0. The van der Waals surface area contributed by atoms with E-state index in [-0.39, 0.29) is 16.7 Å². The molecule has 0 atom stereocenters. The zero-order valence-corrected chi connectivity index (χ0v) is 11.6. The second-order valence-corrected chi connectivity index (χ2v) is 5.78. The van der Waals surface area contributed by atoms with Gasteiger partial charge in [0.2, 0.25) is 15.9 Å². The Hall–Kier alpha value is -2.51. The van der Waals surface area contributed by atoms with Crippen molar-refractivity contribution in [3.8, 4) is 0 Å². The number of carbonyl (C=O) groups excluding carboxylic acids is 2. The lowest BCUT2D eigenvalue weighted by atomic mass is 10.0. The molecule has 0 aromatic heterocycles. The number of rotatable bonds is 4. The summed E-state index contributed by atoms with van der Waals surface area (Å²) in [6, 6.07) is 12.0. The van der Waals surface area contributed by atoms with Crippen LogP contribution in [0.15, 0.2) is 53.4 Å². The van der Waals surface area contributed by atoms with Crippen LogP contribution in [0.3, 0.4) is 0 Å². The van der Waals surface area contributed by atoms with Gasteiger partial charge in [0.05, 0.1) is 5.56 Å². The van der Waals surface area contributed by atoms with E-state index < -0.39 is 26.6 Å². The molecule has 0 aliphatic heterocycles. The lowest BCUT2D eigenvalue weighted by Crippen LogP contribution is -2.24. The molecule has 0 fully saturated rings. The topological polar surface area (TPSA) is 120 Å². The molecule has 0 saturated carbocycles. The molecule has 6 nitrogen and oxygen atoms in total. The monoisotopic (exact) mass is 304 g/mol. The Morgan fingerprint density at radius 2 is 1.43 bits per heavy atom. The summed E-state index contributed by atoms with van der Waals surface area (Å²) in [5, 5.41) is 5.12. The number of amides is 1. The van der Waals surface area contributed by atoms with Gasteiger partial charge < -0.3 is 5.73 Å². The van der Waals surface area contributed by atoms with Gasteiger partial charge in [-0.05, 0) is 12.1 Å².